The quantitative estimate of drug-likeness (QED) is 0.907. The molecule has 0 amide bonds. The standard InChI is InChI=1S/C15H19N3O2S/c1-10-4-6-13(9-16)8-15(10)21(19,20)18-14-7-5-11(2)17-12(14)3/h4-8,18H,9,16H2,1-3H3. The Balaban J connectivity index is 2.43. The van der Waals surface area contributed by atoms with Gasteiger partial charge in [0.25, 0.3) is 10.0 Å². The predicted molar refractivity (Wildman–Crippen MR) is 83.6 cm³/mol. The van der Waals surface area contributed by atoms with Gasteiger partial charge in [-0.2, -0.15) is 0 Å². The van der Waals surface area contributed by atoms with Crippen LogP contribution in [0.25, 0.3) is 0 Å². The highest BCUT2D eigenvalue weighted by molar-refractivity contribution is 7.92. The van der Waals surface area contributed by atoms with Crippen molar-refractivity contribution in [2.45, 2.75) is 32.2 Å². The fourth-order valence-electron chi connectivity index (χ4n) is 2.06. The average Bonchev–Trinajstić information content (AvgIpc) is 2.42. The summed E-state index contributed by atoms with van der Waals surface area (Å²) in [4.78, 5) is 4.50. The molecule has 0 aliphatic heterocycles. The van der Waals surface area contributed by atoms with E-state index in [-0.39, 0.29) is 4.90 Å². The molecule has 1 aromatic heterocycles. The summed E-state index contributed by atoms with van der Waals surface area (Å²) >= 11 is 0. The third kappa shape index (κ3) is 3.40. The van der Waals surface area contributed by atoms with Crippen LogP contribution < -0.4 is 10.5 Å². The highest BCUT2D eigenvalue weighted by atomic mass is 32.2. The van der Waals surface area contributed by atoms with Gasteiger partial charge >= 0.3 is 0 Å². The van der Waals surface area contributed by atoms with E-state index in [1.807, 2.05) is 13.0 Å². The summed E-state index contributed by atoms with van der Waals surface area (Å²) < 4.78 is 27.7. The topological polar surface area (TPSA) is 85.1 Å². The number of nitrogens with two attached hydrogens (primary N) is 1. The zero-order chi connectivity index (χ0) is 15.6. The molecule has 0 aliphatic rings. The van der Waals surface area contributed by atoms with Crippen LogP contribution in [0.4, 0.5) is 5.69 Å². The Kier molecular flexibility index (Phi) is 4.29. The second-order valence-corrected chi connectivity index (χ2v) is 6.65. The van der Waals surface area contributed by atoms with E-state index in [1.165, 1.54) is 0 Å². The minimum Gasteiger partial charge on any atom is -0.326 e. The molecule has 0 atom stereocenters. The summed E-state index contributed by atoms with van der Waals surface area (Å²) in [5.41, 5.74) is 9.01. The Morgan fingerprint density at radius 2 is 1.86 bits per heavy atom. The highest BCUT2D eigenvalue weighted by Gasteiger charge is 2.18. The number of pyridine rings is 1. The summed E-state index contributed by atoms with van der Waals surface area (Å²) in [6.07, 6.45) is 0. The van der Waals surface area contributed by atoms with E-state index < -0.39 is 10.0 Å². The summed E-state index contributed by atoms with van der Waals surface area (Å²) in [5, 5.41) is 0. The van der Waals surface area contributed by atoms with E-state index in [9.17, 15) is 8.42 Å². The number of aryl methyl sites for hydroxylation is 3. The molecule has 5 nitrogen and oxygen atoms in total. The van der Waals surface area contributed by atoms with Crippen LogP contribution in [0.1, 0.15) is 22.5 Å². The third-order valence-electron chi connectivity index (χ3n) is 3.25. The summed E-state index contributed by atoms with van der Waals surface area (Å²) in [5.74, 6) is 0. The number of hydrogen-bond donors (Lipinski definition) is 2. The van der Waals surface area contributed by atoms with Crippen LogP contribution in [0.2, 0.25) is 0 Å². The molecule has 0 fully saturated rings. The van der Waals surface area contributed by atoms with Gasteiger partial charge in [-0.05, 0) is 50.1 Å². The minimum atomic E-state index is -3.66. The molecule has 0 spiro atoms. The van der Waals surface area contributed by atoms with Crippen molar-refractivity contribution in [3.63, 3.8) is 0 Å². The van der Waals surface area contributed by atoms with Crippen molar-refractivity contribution in [3.05, 3.63) is 52.8 Å². The number of nitrogens with zero attached hydrogens (tertiary/aromatic N) is 1. The monoisotopic (exact) mass is 305 g/mol. The Labute approximate surface area is 125 Å². The van der Waals surface area contributed by atoms with Crippen LogP contribution in [0, 0.1) is 20.8 Å². The van der Waals surface area contributed by atoms with Crippen LogP contribution in [0.15, 0.2) is 35.2 Å². The van der Waals surface area contributed by atoms with E-state index in [0.717, 1.165) is 11.3 Å². The zero-order valence-electron chi connectivity index (χ0n) is 12.3. The Bertz CT molecular complexity index is 770. The molecule has 0 saturated carbocycles. The van der Waals surface area contributed by atoms with E-state index >= 15 is 0 Å². The first-order valence-electron chi connectivity index (χ1n) is 6.60. The SMILES string of the molecule is Cc1ccc(NS(=O)(=O)c2cc(CN)ccc2C)c(C)n1. The van der Waals surface area contributed by atoms with Crippen molar-refractivity contribution in [2.24, 2.45) is 5.73 Å². The van der Waals surface area contributed by atoms with Crippen molar-refractivity contribution in [1.82, 2.24) is 4.98 Å². The molecule has 1 heterocycles. The molecule has 0 bridgehead atoms. The fraction of sp³-hybridized carbons (Fsp3) is 0.267. The van der Waals surface area contributed by atoms with Crippen molar-refractivity contribution in [3.8, 4) is 0 Å². The van der Waals surface area contributed by atoms with E-state index in [2.05, 4.69) is 9.71 Å². The second-order valence-electron chi connectivity index (χ2n) is 5.00. The minimum absolute atomic E-state index is 0.241. The molecule has 2 rings (SSSR count). The van der Waals surface area contributed by atoms with Gasteiger partial charge in [-0.25, -0.2) is 8.42 Å². The van der Waals surface area contributed by atoms with Crippen LogP contribution in [-0.2, 0) is 16.6 Å². The van der Waals surface area contributed by atoms with Gasteiger partial charge in [0.05, 0.1) is 16.3 Å². The molecule has 112 valence electrons. The van der Waals surface area contributed by atoms with Gasteiger partial charge in [-0.3, -0.25) is 9.71 Å². The van der Waals surface area contributed by atoms with Gasteiger partial charge in [0.2, 0.25) is 0 Å². The van der Waals surface area contributed by atoms with Crippen LogP contribution in [0.3, 0.4) is 0 Å². The van der Waals surface area contributed by atoms with Crippen molar-refractivity contribution in [1.29, 1.82) is 0 Å². The number of nitrogens with one attached hydrogen (secondary N) is 1. The summed E-state index contributed by atoms with van der Waals surface area (Å²) in [6.45, 7) is 5.69. The maximum Gasteiger partial charge on any atom is 0.262 e. The lowest BCUT2D eigenvalue weighted by molar-refractivity contribution is 0.600. The lowest BCUT2D eigenvalue weighted by Crippen LogP contribution is -2.16. The Hall–Kier alpha value is -1.92. The first kappa shape index (κ1) is 15.5. The molecule has 1 aromatic carbocycles. The van der Waals surface area contributed by atoms with Crippen molar-refractivity contribution in [2.75, 3.05) is 4.72 Å². The number of anilines is 1. The molecular weight excluding hydrogens is 286 g/mol. The first-order chi connectivity index (χ1) is 9.83. The number of rotatable bonds is 4. The number of benzene rings is 1. The molecule has 0 radical (unpaired) electrons. The van der Waals surface area contributed by atoms with Gasteiger partial charge < -0.3 is 5.73 Å². The number of hydrogen-bond acceptors (Lipinski definition) is 4. The maximum absolute atomic E-state index is 12.5. The first-order valence-corrected chi connectivity index (χ1v) is 8.08. The fourth-order valence-corrected chi connectivity index (χ4v) is 3.47. The van der Waals surface area contributed by atoms with Gasteiger partial charge in [0.1, 0.15) is 0 Å². The van der Waals surface area contributed by atoms with Crippen molar-refractivity contribution >= 4 is 15.7 Å². The molecule has 21 heavy (non-hydrogen) atoms. The normalized spacial score (nSPS) is 11.4. The summed E-state index contributed by atoms with van der Waals surface area (Å²) in [7, 11) is -3.66. The largest absolute Gasteiger partial charge is 0.326 e. The third-order valence-corrected chi connectivity index (χ3v) is 4.75. The lowest BCUT2D eigenvalue weighted by atomic mass is 10.1. The zero-order valence-corrected chi connectivity index (χ0v) is 13.2. The summed E-state index contributed by atoms with van der Waals surface area (Å²) in [6, 6.07) is 8.68. The average molecular weight is 305 g/mol. The Morgan fingerprint density at radius 1 is 1.14 bits per heavy atom. The molecule has 0 aliphatic carbocycles. The van der Waals surface area contributed by atoms with E-state index in [4.69, 9.17) is 5.73 Å². The van der Waals surface area contributed by atoms with Crippen LogP contribution in [-0.4, -0.2) is 13.4 Å². The smallest absolute Gasteiger partial charge is 0.262 e. The number of aromatic nitrogens is 1. The van der Waals surface area contributed by atoms with Crippen LogP contribution >= 0.6 is 0 Å². The molecular formula is C15H19N3O2S. The van der Waals surface area contributed by atoms with Gasteiger partial charge in [-0.1, -0.05) is 12.1 Å². The number of sulfonamides is 1. The molecule has 6 heteroatoms. The van der Waals surface area contributed by atoms with Gasteiger partial charge in [0, 0.05) is 12.2 Å². The lowest BCUT2D eigenvalue weighted by Gasteiger charge is -2.13. The van der Waals surface area contributed by atoms with Crippen molar-refractivity contribution < 1.29 is 8.42 Å². The van der Waals surface area contributed by atoms with E-state index in [1.54, 1.807) is 38.1 Å². The molecule has 2 aromatic rings. The molecule has 0 saturated heterocycles. The maximum atomic E-state index is 12.5. The van der Waals surface area contributed by atoms with Gasteiger partial charge in [-0.15, -0.1) is 0 Å². The molecule has 3 N–H and O–H groups in total. The highest BCUT2D eigenvalue weighted by Crippen LogP contribution is 2.22. The van der Waals surface area contributed by atoms with Gasteiger partial charge in [0.15, 0.2) is 0 Å². The molecule has 0 unspecified atom stereocenters. The van der Waals surface area contributed by atoms with Crippen LogP contribution in [0.5, 0.6) is 0 Å². The Morgan fingerprint density at radius 3 is 2.48 bits per heavy atom. The van der Waals surface area contributed by atoms with E-state index in [0.29, 0.717) is 23.5 Å². The second kappa shape index (κ2) is 5.83. The predicted octanol–water partition coefficient (Wildman–Crippen LogP) is 2.27.